The molecule has 31 heavy (non-hydrogen) atoms. The maximum absolute atomic E-state index is 13.1. The lowest BCUT2D eigenvalue weighted by Gasteiger charge is -2.36. The van der Waals surface area contributed by atoms with Crippen molar-refractivity contribution in [3.63, 3.8) is 0 Å². The van der Waals surface area contributed by atoms with E-state index in [-0.39, 0.29) is 4.90 Å². The average molecular weight is 447 g/mol. The molecule has 1 aromatic heterocycles. The summed E-state index contributed by atoms with van der Waals surface area (Å²) in [4.78, 5) is 16.3. The van der Waals surface area contributed by atoms with Crippen molar-refractivity contribution in [1.29, 1.82) is 0 Å². The van der Waals surface area contributed by atoms with Gasteiger partial charge in [0.15, 0.2) is 0 Å². The van der Waals surface area contributed by atoms with E-state index in [9.17, 15) is 8.42 Å². The minimum Gasteiger partial charge on any atom is -0.497 e. The Hall–Kier alpha value is -2.43. The van der Waals surface area contributed by atoms with Crippen LogP contribution in [0.25, 0.3) is 0 Å². The first-order valence-electron chi connectivity index (χ1n) is 10.5. The van der Waals surface area contributed by atoms with Crippen molar-refractivity contribution in [3.8, 4) is 5.75 Å². The summed E-state index contributed by atoms with van der Waals surface area (Å²) in [7, 11) is 0.106. The number of benzene rings is 1. The molecule has 2 aliphatic rings. The van der Waals surface area contributed by atoms with Crippen molar-refractivity contribution in [2.75, 3.05) is 76.3 Å². The summed E-state index contributed by atoms with van der Waals surface area (Å²) >= 11 is 0. The first kappa shape index (κ1) is 21.8. The monoisotopic (exact) mass is 446 g/mol. The third-order valence-electron chi connectivity index (χ3n) is 5.88. The van der Waals surface area contributed by atoms with E-state index in [4.69, 9.17) is 4.74 Å². The first-order valence-corrected chi connectivity index (χ1v) is 12.0. The zero-order valence-electron chi connectivity index (χ0n) is 18.4. The Labute approximate surface area is 184 Å². The van der Waals surface area contributed by atoms with Gasteiger partial charge in [-0.15, -0.1) is 0 Å². The van der Waals surface area contributed by atoms with E-state index in [2.05, 4.69) is 31.7 Å². The Bertz CT molecular complexity index is 1020. The highest BCUT2D eigenvalue weighted by molar-refractivity contribution is 7.89. The SMILES string of the molecule is COc1cccc(S(=O)(=O)N2CCN(c3cc(N4CCN(C)CC4)nc(C)n3)CC2)c1. The number of anilines is 2. The molecular weight excluding hydrogens is 416 g/mol. The lowest BCUT2D eigenvalue weighted by Crippen LogP contribution is -2.49. The predicted molar refractivity (Wildman–Crippen MR) is 120 cm³/mol. The Balaban J connectivity index is 1.46. The summed E-state index contributed by atoms with van der Waals surface area (Å²) in [5.41, 5.74) is 0. The molecule has 9 nitrogen and oxygen atoms in total. The molecule has 10 heteroatoms. The maximum atomic E-state index is 13.1. The number of aryl methyl sites for hydroxylation is 1. The highest BCUT2D eigenvalue weighted by Crippen LogP contribution is 2.25. The number of piperazine rings is 2. The second kappa shape index (κ2) is 8.97. The van der Waals surface area contributed by atoms with Crippen molar-refractivity contribution in [3.05, 3.63) is 36.2 Å². The molecule has 2 aromatic rings. The Morgan fingerprint density at radius 1 is 0.871 bits per heavy atom. The van der Waals surface area contributed by atoms with Crippen LogP contribution in [0.15, 0.2) is 35.2 Å². The predicted octanol–water partition coefficient (Wildman–Crippen LogP) is 1.06. The number of sulfonamides is 1. The van der Waals surface area contributed by atoms with Crippen LogP contribution in [-0.4, -0.2) is 94.1 Å². The van der Waals surface area contributed by atoms with Crippen LogP contribution in [-0.2, 0) is 10.0 Å². The van der Waals surface area contributed by atoms with Gasteiger partial charge in [-0.3, -0.25) is 0 Å². The van der Waals surface area contributed by atoms with Gasteiger partial charge in [0.05, 0.1) is 12.0 Å². The summed E-state index contributed by atoms with van der Waals surface area (Å²) in [5.74, 6) is 3.08. The van der Waals surface area contributed by atoms with Crippen molar-refractivity contribution in [1.82, 2.24) is 19.2 Å². The standard InChI is InChI=1S/C21H30N6O3S/c1-17-22-20(25-9-7-24(2)8-10-25)16-21(23-17)26-11-13-27(14-12-26)31(28,29)19-6-4-5-18(15-19)30-3/h4-6,15-16H,7-14H2,1-3H3. The number of aromatic nitrogens is 2. The van der Waals surface area contributed by atoms with Gasteiger partial charge < -0.3 is 19.4 Å². The van der Waals surface area contributed by atoms with Gasteiger partial charge in [0.2, 0.25) is 10.0 Å². The Kier molecular flexibility index (Phi) is 6.31. The summed E-state index contributed by atoms with van der Waals surface area (Å²) in [5, 5.41) is 0. The van der Waals surface area contributed by atoms with Crippen LogP contribution >= 0.6 is 0 Å². The van der Waals surface area contributed by atoms with E-state index >= 15 is 0 Å². The molecular formula is C21H30N6O3S. The zero-order chi connectivity index (χ0) is 22.0. The van der Waals surface area contributed by atoms with E-state index < -0.39 is 10.0 Å². The number of hydrogen-bond donors (Lipinski definition) is 0. The van der Waals surface area contributed by atoms with Gasteiger partial charge >= 0.3 is 0 Å². The molecule has 4 rings (SSSR count). The Morgan fingerprint density at radius 3 is 2.03 bits per heavy atom. The largest absolute Gasteiger partial charge is 0.497 e. The van der Waals surface area contributed by atoms with Crippen LogP contribution in [0.4, 0.5) is 11.6 Å². The van der Waals surface area contributed by atoms with Crippen LogP contribution in [0.1, 0.15) is 5.82 Å². The molecule has 0 N–H and O–H groups in total. The van der Waals surface area contributed by atoms with Crippen molar-refractivity contribution < 1.29 is 13.2 Å². The second-order valence-corrected chi connectivity index (χ2v) is 9.93. The summed E-state index contributed by atoms with van der Waals surface area (Å²) in [6.45, 7) is 7.81. The van der Waals surface area contributed by atoms with Gasteiger partial charge in [0.25, 0.3) is 0 Å². The molecule has 2 aliphatic heterocycles. The molecule has 2 fully saturated rings. The molecule has 2 saturated heterocycles. The fourth-order valence-corrected chi connectivity index (χ4v) is 5.42. The molecule has 0 aliphatic carbocycles. The van der Waals surface area contributed by atoms with Crippen LogP contribution in [0, 0.1) is 6.92 Å². The van der Waals surface area contributed by atoms with Gasteiger partial charge in [0.1, 0.15) is 23.2 Å². The highest BCUT2D eigenvalue weighted by atomic mass is 32.2. The van der Waals surface area contributed by atoms with E-state index in [1.165, 1.54) is 11.4 Å². The Morgan fingerprint density at radius 2 is 1.45 bits per heavy atom. The topological polar surface area (TPSA) is 82.1 Å². The van der Waals surface area contributed by atoms with E-state index in [0.717, 1.165) is 43.6 Å². The minimum atomic E-state index is -3.56. The molecule has 0 bridgehead atoms. The van der Waals surface area contributed by atoms with Crippen molar-refractivity contribution in [2.45, 2.75) is 11.8 Å². The van der Waals surface area contributed by atoms with E-state index in [1.807, 2.05) is 13.0 Å². The first-order chi connectivity index (χ1) is 14.9. The third kappa shape index (κ3) is 4.76. The summed E-state index contributed by atoms with van der Waals surface area (Å²) in [6, 6.07) is 8.65. The van der Waals surface area contributed by atoms with Gasteiger partial charge in [0, 0.05) is 64.5 Å². The molecule has 0 radical (unpaired) electrons. The molecule has 0 unspecified atom stereocenters. The number of rotatable bonds is 5. The number of nitrogens with zero attached hydrogens (tertiary/aromatic N) is 6. The number of methoxy groups -OCH3 is 1. The quantitative estimate of drug-likeness (QED) is 0.674. The minimum absolute atomic E-state index is 0.260. The number of likely N-dealkylation sites (N-methyl/N-ethyl adjacent to an activating group) is 1. The van der Waals surface area contributed by atoms with Crippen LogP contribution < -0.4 is 14.5 Å². The molecule has 168 valence electrons. The maximum Gasteiger partial charge on any atom is 0.243 e. The molecule has 3 heterocycles. The molecule has 1 aromatic carbocycles. The second-order valence-electron chi connectivity index (χ2n) is 7.99. The normalized spacial score (nSPS) is 18.9. The summed E-state index contributed by atoms with van der Waals surface area (Å²) < 4.78 is 32.8. The number of ether oxygens (including phenoxy) is 1. The molecule has 0 spiro atoms. The van der Waals surface area contributed by atoms with Gasteiger partial charge in [-0.2, -0.15) is 4.31 Å². The van der Waals surface area contributed by atoms with Crippen LogP contribution in [0.3, 0.4) is 0 Å². The van der Waals surface area contributed by atoms with E-state index in [0.29, 0.717) is 31.9 Å². The van der Waals surface area contributed by atoms with Crippen LogP contribution in [0.5, 0.6) is 5.75 Å². The van der Waals surface area contributed by atoms with Gasteiger partial charge in [-0.05, 0) is 26.1 Å². The smallest absolute Gasteiger partial charge is 0.243 e. The highest BCUT2D eigenvalue weighted by Gasteiger charge is 2.29. The molecule has 0 amide bonds. The molecule has 0 saturated carbocycles. The van der Waals surface area contributed by atoms with Gasteiger partial charge in [-0.1, -0.05) is 6.07 Å². The molecule has 0 atom stereocenters. The van der Waals surface area contributed by atoms with Crippen molar-refractivity contribution in [2.24, 2.45) is 0 Å². The lowest BCUT2D eigenvalue weighted by molar-refractivity contribution is 0.312. The zero-order valence-corrected chi connectivity index (χ0v) is 19.2. The third-order valence-corrected chi connectivity index (χ3v) is 7.77. The van der Waals surface area contributed by atoms with Crippen molar-refractivity contribution >= 4 is 21.7 Å². The lowest BCUT2D eigenvalue weighted by atomic mass is 10.3. The number of hydrogen-bond acceptors (Lipinski definition) is 8. The van der Waals surface area contributed by atoms with E-state index in [1.54, 1.807) is 24.3 Å². The summed E-state index contributed by atoms with van der Waals surface area (Å²) in [6.07, 6.45) is 0. The fourth-order valence-electron chi connectivity index (χ4n) is 3.96. The fraction of sp³-hybridized carbons (Fsp3) is 0.524. The average Bonchev–Trinajstić information content (AvgIpc) is 2.79. The van der Waals surface area contributed by atoms with Crippen LogP contribution in [0.2, 0.25) is 0 Å². The van der Waals surface area contributed by atoms with Gasteiger partial charge in [-0.25, -0.2) is 18.4 Å².